The predicted molar refractivity (Wildman–Crippen MR) is 130 cm³/mol. The van der Waals surface area contributed by atoms with Gasteiger partial charge in [-0.2, -0.15) is 0 Å². The Bertz CT molecular complexity index is 1370. The van der Waals surface area contributed by atoms with Gasteiger partial charge in [0.25, 0.3) is 0 Å². The maximum atomic E-state index is 14.8. The van der Waals surface area contributed by atoms with Crippen LogP contribution in [0.4, 0.5) is 14.7 Å². The minimum atomic E-state index is -0.499. The van der Waals surface area contributed by atoms with Crippen LogP contribution in [0.1, 0.15) is 18.5 Å². The van der Waals surface area contributed by atoms with Crippen molar-refractivity contribution in [2.24, 2.45) is 5.73 Å². The molecule has 4 aromatic rings. The third-order valence-electron chi connectivity index (χ3n) is 5.57. The molecule has 174 valence electrons. The lowest BCUT2D eigenvalue weighted by Crippen LogP contribution is -2.96. The SMILES string of the molecule is CC(N)c1ccc(F)cc1-c1cccc2cc(-c3nc(NCCN4C=CN[NH2+]4)ncc3F)sc12. The normalized spacial score (nSPS) is 13.9. The molecule has 1 unspecified atom stereocenters. The van der Waals surface area contributed by atoms with Crippen molar-refractivity contribution in [3.8, 4) is 21.7 Å². The van der Waals surface area contributed by atoms with E-state index in [0.29, 0.717) is 23.9 Å². The second-order valence-electron chi connectivity index (χ2n) is 8.02. The first-order chi connectivity index (χ1) is 16.5. The summed E-state index contributed by atoms with van der Waals surface area (Å²) in [5.74, 6) is -0.473. The van der Waals surface area contributed by atoms with Gasteiger partial charge in [0, 0.05) is 17.3 Å². The van der Waals surface area contributed by atoms with Gasteiger partial charge in [0.1, 0.15) is 11.5 Å². The average molecular weight is 481 g/mol. The third kappa shape index (κ3) is 4.43. The van der Waals surface area contributed by atoms with E-state index in [0.717, 1.165) is 26.8 Å². The molecule has 0 saturated carbocycles. The fourth-order valence-corrected chi connectivity index (χ4v) is 5.11. The number of benzene rings is 2. The Kier molecular flexibility index (Phi) is 6.10. The highest BCUT2D eigenvalue weighted by Gasteiger charge is 2.18. The highest BCUT2D eigenvalue weighted by Crippen LogP contribution is 2.41. The minimum Gasteiger partial charge on any atom is -0.352 e. The summed E-state index contributed by atoms with van der Waals surface area (Å²) in [6.45, 7) is 3.17. The van der Waals surface area contributed by atoms with Crippen LogP contribution in [0.15, 0.2) is 61.1 Å². The van der Waals surface area contributed by atoms with E-state index in [1.54, 1.807) is 6.07 Å². The Morgan fingerprint density at radius 3 is 2.88 bits per heavy atom. The van der Waals surface area contributed by atoms with Crippen molar-refractivity contribution in [1.82, 2.24) is 20.4 Å². The summed E-state index contributed by atoms with van der Waals surface area (Å²) >= 11 is 1.41. The van der Waals surface area contributed by atoms with Gasteiger partial charge in [-0.1, -0.05) is 24.3 Å². The van der Waals surface area contributed by atoms with Gasteiger partial charge in [0.2, 0.25) is 5.95 Å². The van der Waals surface area contributed by atoms with Crippen molar-refractivity contribution in [1.29, 1.82) is 0 Å². The van der Waals surface area contributed by atoms with Gasteiger partial charge in [-0.05, 0) is 47.2 Å². The maximum absolute atomic E-state index is 14.8. The average Bonchev–Trinajstić information content (AvgIpc) is 3.49. The molecule has 0 fully saturated rings. The Labute approximate surface area is 199 Å². The Hall–Kier alpha value is -3.60. The van der Waals surface area contributed by atoms with Crippen molar-refractivity contribution < 1.29 is 14.3 Å². The first kappa shape index (κ1) is 22.2. The van der Waals surface area contributed by atoms with Crippen molar-refractivity contribution in [2.75, 3.05) is 18.4 Å². The number of fused-ring (bicyclic) bond motifs is 1. The number of hydrogen-bond donors (Lipinski definition) is 4. The second kappa shape index (κ2) is 9.34. The number of halogens is 2. The Balaban J connectivity index is 1.49. The number of hydrogen-bond acceptors (Lipinski definition) is 7. The first-order valence-corrected chi connectivity index (χ1v) is 11.7. The van der Waals surface area contributed by atoms with Crippen LogP contribution in [-0.4, -0.2) is 28.1 Å². The van der Waals surface area contributed by atoms with Crippen LogP contribution >= 0.6 is 11.3 Å². The number of nitrogens with zero attached hydrogens (tertiary/aromatic N) is 3. The van der Waals surface area contributed by atoms with Crippen molar-refractivity contribution >= 4 is 27.4 Å². The molecule has 0 spiro atoms. The number of anilines is 1. The molecule has 7 nitrogen and oxygen atoms in total. The lowest BCUT2D eigenvalue weighted by molar-refractivity contribution is -0.821. The number of nitrogens with one attached hydrogen (secondary N) is 2. The van der Waals surface area contributed by atoms with Crippen LogP contribution in [0, 0.1) is 11.6 Å². The minimum absolute atomic E-state index is 0.227. The molecule has 1 atom stereocenters. The molecule has 2 aromatic heterocycles. The summed E-state index contributed by atoms with van der Waals surface area (Å²) in [6.07, 6.45) is 4.94. The molecule has 0 radical (unpaired) electrons. The Morgan fingerprint density at radius 2 is 2.09 bits per heavy atom. The number of thiophene rings is 1. The first-order valence-electron chi connectivity index (χ1n) is 10.9. The molecule has 0 amide bonds. The topological polar surface area (TPSA) is 95.7 Å². The van der Waals surface area contributed by atoms with E-state index < -0.39 is 5.82 Å². The zero-order valence-electron chi connectivity index (χ0n) is 18.4. The highest BCUT2D eigenvalue weighted by atomic mass is 32.1. The molecular weight excluding hydrogens is 456 g/mol. The molecule has 5 rings (SSSR count). The number of quaternary nitrogens is 1. The number of aromatic nitrogens is 2. The fourth-order valence-electron chi connectivity index (χ4n) is 3.93. The van der Waals surface area contributed by atoms with Crippen LogP contribution in [0.5, 0.6) is 0 Å². The molecule has 0 bridgehead atoms. The van der Waals surface area contributed by atoms with Gasteiger partial charge < -0.3 is 11.1 Å². The fraction of sp³-hybridized carbons (Fsp3) is 0.167. The second-order valence-corrected chi connectivity index (χ2v) is 9.07. The van der Waals surface area contributed by atoms with Crippen molar-refractivity contribution in [3.63, 3.8) is 0 Å². The summed E-state index contributed by atoms with van der Waals surface area (Å²) in [4.78, 5) is 9.18. The van der Waals surface area contributed by atoms with Crippen LogP contribution in [-0.2, 0) is 0 Å². The molecule has 6 N–H and O–H groups in total. The molecule has 3 heterocycles. The van der Waals surface area contributed by atoms with E-state index in [1.165, 1.54) is 29.7 Å². The summed E-state index contributed by atoms with van der Waals surface area (Å²) < 4.78 is 29.8. The van der Waals surface area contributed by atoms with Crippen molar-refractivity contribution in [2.45, 2.75) is 13.0 Å². The molecule has 2 aromatic carbocycles. The molecule has 10 heteroatoms. The van der Waals surface area contributed by atoms with Crippen LogP contribution in [0.3, 0.4) is 0 Å². The zero-order valence-corrected chi connectivity index (χ0v) is 19.2. The summed E-state index contributed by atoms with van der Waals surface area (Å²) in [6, 6.07) is 12.1. The molecule has 0 aliphatic carbocycles. The molecule has 34 heavy (non-hydrogen) atoms. The van der Waals surface area contributed by atoms with Crippen LogP contribution in [0.25, 0.3) is 31.8 Å². The summed E-state index contributed by atoms with van der Waals surface area (Å²) in [5.41, 5.74) is 13.7. The summed E-state index contributed by atoms with van der Waals surface area (Å²) in [5, 5.41) is 6.05. The van der Waals surface area contributed by atoms with Gasteiger partial charge in [-0.3, -0.25) is 0 Å². The highest BCUT2D eigenvalue weighted by molar-refractivity contribution is 7.22. The maximum Gasteiger partial charge on any atom is 0.223 e. The van der Waals surface area contributed by atoms with E-state index in [2.05, 4.69) is 20.7 Å². The van der Waals surface area contributed by atoms with Gasteiger partial charge in [-0.15, -0.1) is 16.9 Å². The monoisotopic (exact) mass is 480 g/mol. The Morgan fingerprint density at radius 1 is 1.21 bits per heavy atom. The molecule has 1 aliphatic rings. The smallest absolute Gasteiger partial charge is 0.223 e. The largest absolute Gasteiger partial charge is 0.352 e. The van der Waals surface area contributed by atoms with E-state index in [4.69, 9.17) is 5.73 Å². The molecule has 0 saturated heterocycles. The predicted octanol–water partition coefficient (Wildman–Crippen LogP) is 3.50. The van der Waals surface area contributed by atoms with Crippen LogP contribution < -0.4 is 22.0 Å². The molecule has 1 aliphatic heterocycles. The van der Waals surface area contributed by atoms with Gasteiger partial charge in [0.15, 0.2) is 5.82 Å². The standard InChI is InChI=1S/C24H23F2N7S/c1-14(27)17-6-5-16(25)12-19(17)18-4-2-3-15-11-21(34-23(15)18)22-20(26)13-29-24(31-22)28-7-9-33-10-8-30-32-33/h2-6,8,10-14,30,32H,7,9,27H2,1H3,(H,28,29,31)/p+1. The van der Waals surface area contributed by atoms with Crippen molar-refractivity contribution in [3.05, 3.63) is 78.3 Å². The molecular formula is C24H24F2N7S+. The zero-order chi connectivity index (χ0) is 23.7. The lowest BCUT2D eigenvalue weighted by Gasteiger charge is -2.14. The van der Waals surface area contributed by atoms with Crippen LogP contribution in [0.2, 0.25) is 0 Å². The van der Waals surface area contributed by atoms with Gasteiger partial charge in [0.05, 0.1) is 30.0 Å². The van der Waals surface area contributed by atoms with E-state index in [9.17, 15) is 8.78 Å². The van der Waals surface area contributed by atoms with Gasteiger partial charge in [-0.25, -0.2) is 29.2 Å². The number of nitrogens with two attached hydrogens (primary N) is 2. The van der Waals surface area contributed by atoms with E-state index in [-0.39, 0.29) is 17.6 Å². The van der Waals surface area contributed by atoms with E-state index in [1.807, 2.05) is 54.1 Å². The van der Waals surface area contributed by atoms with Gasteiger partial charge >= 0.3 is 0 Å². The summed E-state index contributed by atoms with van der Waals surface area (Å²) in [7, 11) is 0. The number of rotatable bonds is 7. The van der Waals surface area contributed by atoms with E-state index >= 15 is 0 Å². The lowest BCUT2D eigenvalue weighted by atomic mass is 9.95. The quantitative estimate of drug-likeness (QED) is 0.303. The third-order valence-corrected chi connectivity index (χ3v) is 6.76.